The number of hydrogen-bond donors (Lipinski definition) is 2. The van der Waals surface area contributed by atoms with Gasteiger partial charge in [-0.15, -0.1) is 0 Å². The molecule has 1 amide bonds. The standard InChI is InChI=1S/C14H21FN2O3/c1-4-19-8-9(2)20-10(3)14(18)17-13-6-5-11(15)7-12(13)16/h5-7,9-10H,4,8,16H2,1-3H3,(H,17,18). The number of halogens is 1. The second kappa shape index (κ2) is 7.81. The maximum Gasteiger partial charge on any atom is 0.253 e. The van der Waals surface area contributed by atoms with E-state index in [0.29, 0.717) is 18.9 Å². The Bertz CT molecular complexity index is 454. The van der Waals surface area contributed by atoms with Crippen molar-refractivity contribution in [3.63, 3.8) is 0 Å². The number of nitrogens with one attached hydrogen (secondary N) is 1. The van der Waals surface area contributed by atoms with Gasteiger partial charge in [-0.3, -0.25) is 4.79 Å². The quantitative estimate of drug-likeness (QED) is 0.753. The molecule has 112 valence electrons. The van der Waals surface area contributed by atoms with Crippen LogP contribution in [0.15, 0.2) is 18.2 Å². The Morgan fingerprint density at radius 3 is 2.75 bits per heavy atom. The van der Waals surface area contributed by atoms with Crippen LogP contribution in [0.1, 0.15) is 20.8 Å². The molecule has 6 heteroatoms. The third-order valence-corrected chi connectivity index (χ3v) is 2.63. The summed E-state index contributed by atoms with van der Waals surface area (Å²) in [5.74, 6) is -0.790. The number of benzene rings is 1. The second-order valence-corrected chi connectivity index (χ2v) is 4.47. The molecule has 2 atom stereocenters. The first-order valence-corrected chi connectivity index (χ1v) is 6.53. The number of amides is 1. The van der Waals surface area contributed by atoms with E-state index in [2.05, 4.69) is 5.32 Å². The summed E-state index contributed by atoms with van der Waals surface area (Å²) in [4.78, 5) is 11.9. The zero-order valence-electron chi connectivity index (χ0n) is 12.0. The van der Waals surface area contributed by atoms with Crippen LogP contribution in [-0.2, 0) is 14.3 Å². The molecule has 1 aromatic carbocycles. The van der Waals surface area contributed by atoms with Gasteiger partial charge in [0.05, 0.1) is 24.1 Å². The Labute approximate surface area is 118 Å². The average molecular weight is 284 g/mol. The number of anilines is 2. The summed E-state index contributed by atoms with van der Waals surface area (Å²) in [6, 6.07) is 3.80. The van der Waals surface area contributed by atoms with Gasteiger partial charge < -0.3 is 20.5 Å². The fourth-order valence-corrected chi connectivity index (χ4v) is 1.62. The Morgan fingerprint density at radius 1 is 1.45 bits per heavy atom. The molecule has 0 aliphatic heterocycles. The van der Waals surface area contributed by atoms with E-state index in [1.54, 1.807) is 6.92 Å². The van der Waals surface area contributed by atoms with Crippen molar-refractivity contribution in [1.29, 1.82) is 0 Å². The van der Waals surface area contributed by atoms with Gasteiger partial charge in [0.15, 0.2) is 0 Å². The second-order valence-electron chi connectivity index (χ2n) is 4.47. The van der Waals surface area contributed by atoms with Crippen molar-refractivity contribution < 1.29 is 18.7 Å². The van der Waals surface area contributed by atoms with E-state index in [9.17, 15) is 9.18 Å². The zero-order valence-corrected chi connectivity index (χ0v) is 12.0. The molecule has 0 aromatic heterocycles. The molecule has 2 unspecified atom stereocenters. The summed E-state index contributed by atoms with van der Waals surface area (Å²) in [5, 5.41) is 2.60. The van der Waals surface area contributed by atoms with Crippen molar-refractivity contribution in [3.8, 4) is 0 Å². The molecule has 0 spiro atoms. The van der Waals surface area contributed by atoms with Crippen molar-refractivity contribution in [2.45, 2.75) is 33.0 Å². The van der Waals surface area contributed by atoms with Crippen LogP contribution in [0.25, 0.3) is 0 Å². The van der Waals surface area contributed by atoms with Crippen LogP contribution >= 0.6 is 0 Å². The van der Waals surface area contributed by atoms with Gasteiger partial charge in [0.2, 0.25) is 0 Å². The van der Waals surface area contributed by atoms with Crippen LogP contribution in [0.3, 0.4) is 0 Å². The minimum absolute atomic E-state index is 0.174. The van der Waals surface area contributed by atoms with Crippen LogP contribution in [0.2, 0.25) is 0 Å². The first-order chi connectivity index (χ1) is 9.43. The summed E-state index contributed by atoms with van der Waals surface area (Å²) in [6.45, 7) is 6.37. The molecular weight excluding hydrogens is 263 g/mol. The third kappa shape index (κ3) is 5.14. The highest BCUT2D eigenvalue weighted by atomic mass is 19.1. The Kier molecular flexibility index (Phi) is 6.41. The van der Waals surface area contributed by atoms with E-state index in [1.165, 1.54) is 12.1 Å². The molecule has 0 heterocycles. The minimum atomic E-state index is -0.657. The number of carbonyl (C=O) groups excluding carboxylic acids is 1. The number of rotatable bonds is 7. The van der Waals surface area contributed by atoms with E-state index >= 15 is 0 Å². The molecule has 5 nitrogen and oxygen atoms in total. The number of hydrogen-bond acceptors (Lipinski definition) is 4. The maximum atomic E-state index is 12.9. The van der Waals surface area contributed by atoms with Crippen molar-refractivity contribution in [2.75, 3.05) is 24.3 Å². The molecule has 0 fully saturated rings. The van der Waals surface area contributed by atoms with Crippen LogP contribution in [-0.4, -0.2) is 31.3 Å². The number of nitrogen functional groups attached to an aromatic ring is 1. The van der Waals surface area contributed by atoms with Gasteiger partial charge in [0.25, 0.3) is 5.91 Å². The summed E-state index contributed by atoms with van der Waals surface area (Å²) < 4.78 is 23.6. The molecule has 0 aliphatic rings. The predicted molar refractivity (Wildman–Crippen MR) is 75.9 cm³/mol. The average Bonchev–Trinajstić information content (AvgIpc) is 2.39. The van der Waals surface area contributed by atoms with Crippen molar-refractivity contribution in [2.24, 2.45) is 0 Å². The summed E-state index contributed by atoms with van der Waals surface area (Å²) in [7, 11) is 0. The highest BCUT2D eigenvalue weighted by Crippen LogP contribution is 2.19. The molecular formula is C14H21FN2O3. The van der Waals surface area contributed by atoms with E-state index in [-0.39, 0.29) is 17.7 Å². The van der Waals surface area contributed by atoms with Crippen molar-refractivity contribution in [3.05, 3.63) is 24.0 Å². The highest BCUT2D eigenvalue weighted by molar-refractivity contribution is 5.96. The Hall–Kier alpha value is -1.66. The normalized spacial score (nSPS) is 13.8. The van der Waals surface area contributed by atoms with Gasteiger partial charge >= 0.3 is 0 Å². The van der Waals surface area contributed by atoms with Gasteiger partial charge in [-0.25, -0.2) is 4.39 Å². The number of nitrogens with two attached hydrogens (primary N) is 1. The number of carbonyl (C=O) groups is 1. The lowest BCUT2D eigenvalue weighted by Crippen LogP contribution is -2.32. The molecule has 0 radical (unpaired) electrons. The SMILES string of the molecule is CCOCC(C)OC(C)C(=O)Nc1ccc(F)cc1N. The molecule has 20 heavy (non-hydrogen) atoms. The maximum absolute atomic E-state index is 12.9. The van der Waals surface area contributed by atoms with Gasteiger partial charge in [0.1, 0.15) is 11.9 Å². The van der Waals surface area contributed by atoms with Gasteiger partial charge in [-0.1, -0.05) is 0 Å². The van der Waals surface area contributed by atoms with E-state index in [1.807, 2.05) is 13.8 Å². The molecule has 0 saturated carbocycles. The fraction of sp³-hybridized carbons (Fsp3) is 0.500. The molecule has 0 saturated heterocycles. The van der Waals surface area contributed by atoms with E-state index in [4.69, 9.17) is 15.2 Å². The molecule has 1 rings (SSSR count). The molecule has 0 bridgehead atoms. The minimum Gasteiger partial charge on any atom is -0.397 e. The summed E-state index contributed by atoms with van der Waals surface area (Å²) in [5.41, 5.74) is 6.16. The first kappa shape index (κ1) is 16.4. The smallest absolute Gasteiger partial charge is 0.253 e. The topological polar surface area (TPSA) is 73.6 Å². The predicted octanol–water partition coefficient (Wildman–Crippen LogP) is 2.18. The van der Waals surface area contributed by atoms with Crippen molar-refractivity contribution in [1.82, 2.24) is 0 Å². The summed E-state index contributed by atoms with van der Waals surface area (Å²) >= 11 is 0. The van der Waals surface area contributed by atoms with Crippen molar-refractivity contribution >= 4 is 17.3 Å². The van der Waals surface area contributed by atoms with Crippen LogP contribution in [0.5, 0.6) is 0 Å². The molecule has 0 aliphatic carbocycles. The third-order valence-electron chi connectivity index (χ3n) is 2.63. The van der Waals surface area contributed by atoms with Crippen LogP contribution < -0.4 is 11.1 Å². The van der Waals surface area contributed by atoms with Gasteiger partial charge in [-0.05, 0) is 39.0 Å². The largest absolute Gasteiger partial charge is 0.397 e. The highest BCUT2D eigenvalue weighted by Gasteiger charge is 2.17. The Morgan fingerprint density at radius 2 is 2.15 bits per heavy atom. The molecule has 3 N–H and O–H groups in total. The lowest BCUT2D eigenvalue weighted by Gasteiger charge is -2.19. The van der Waals surface area contributed by atoms with Gasteiger partial charge in [0, 0.05) is 6.61 Å². The van der Waals surface area contributed by atoms with Gasteiger partial charge in [-0.2, -0.15) is 0 Å². The van der Waals surface area contributed by atoms with E-state index in [0.717, 1.165) is 6.07 Å². The lowest BCUT2D eigenvalue weighted by atomic mass is 10.2. The fourth-order valence-electron chi connectivity index (χ4n) is 1.62. The summed E-state index contributed by atoms with van der Waals surface area (Å²) in [6.07, 6.45) is -0.851. The van der Waals surface area contributed by atoms with E-state index < -0.39 is 11.9 Å². The van der Waals surface area contributed by atoms with Crippen LogP contribution in [0.4, 0.5) is 15.8 Å². The van der Waals surface area contributed by atoms with Crippen LogP contribution in [0, 0.1) is 5.82 Å². The Balaban J connectivity index is 2.53. The zero-order chi connectivity index (χ0) is 15.1. The lowest BCUT2D eigenvalue weighted by molar-refractivity contribution is -0.131. The monoisotopic (exact) mass is 284 g/mol. The molecule has 1 aromatic rings. The first-order valence-electron chi connectivity index (χ1n) is 6.53. The number of ether oxygens (including phenoxy) is 2.